The Morgan fingerprint density at radius 1 is 1.13 bits per heavy atom. The van der Waals surface area contributed by atoms with Gasteiger partial charge in [0.05, 0.1) is 22.3 Å². The summed E-state index contributed by atoms with van der Waals surface area (Å²) < 4.78 is 15.7. The molecule has 0 aliphatic rings. The monoisotopic (exact) mass is 453 g/mol. The SMILES string of the molecule is Cc1ccc(NC(=O)CSc2nc3ccccc3c(=O)n2-c2ccccc2F)cc1Cl. The molecule has 0 saturated heterocycles. The normalized spacial score (nSPS) is 10.9. The average molecular weight is 454 g/mol. The number of aryl methyl sites for hydroxylation is 1. The van der Waals surface area contributed by atoms with Gasteiger partial charge in [0, 0.05) is 10.7 Å². The van der Waals surface area contributed by atoms with Crippen LogP contribution in [0.25, 0.3) is 16.6 Å². The second-order valence-electron chi connectivity index (χ2n) is 6.80. The molecule has 1 amide bonds. The molecule has 1 heterocycles. The molecule has 4 rings (SSSR count). The van der Waals surface area contributed by atoms with Crippen LogP contribution in [0.5, 0.6) is 0 Å². The first-order valence-electron chi connectivity index (χ1n) is 9.39. The van der Waals surface area contributed by atoms with E-state index in [2.05, 4.69) is 10.3 Å². The summed E-state index contributed by atoms with van der Waals surface area (Å²) >= 11 is 7.16. The van der Waals surface area contributed by atoms with E-state index in [1.54, 1.807) is 48.5 Å². The first-order chi connectivity index (χ1) is 14.9. The number of para-hydroxylation sites is 2. The maximum absolute atomic E-state index is 14.5. The molecule has 0 unspecified atom stereocenters. The highest BCUT2D eigenvalue weighted by Crippen LogP contribution is 2.24. The smallest absolute Gasteiger partial charge is 0.266 e. The number of nitrogens with one attached hydrogen (secondary N) is 1. The number of rotatable bonds is 5. The zero-order valence-electron chi connectivity index (χ0n) is 16.4. The second-order valence-corrected chi connectivity index (χ2v) is 8.15. The highest BCUT2D eigenvalue weighted by atomic mass is 35.5. The van der Waals surface area contributed by atoms with E-state index in [-0.39, 0.29) is 22.5 Å². The fourth-order valence-corrected chi connectivity index (χ4v) is 4.04. The van der Waals surface area contributed by atoms with Gasteiger partial charge in [0.2, 0.25) is 5.91 Å². The van der Waals surface area contributed by atoms with Crippen LogP contribution in [-0.4, -0.2) is 21.2 Å². The summed E-state index contributed by atoms with van der Waals surface area (Å²) in [5, 5.41) is 3.92. The minimum absolute atomic E-state index is 0.0231. The number of amides is 1. The molecule has 8 heteroatoms. The summed E-state index contributed by atoms with van der Waals surface area (Å²) in [7, 11) is 0. The molecule has 5 nitrogen and oxygen atoms in total. The Bertz CT molecular complexity index is 1360. The van der Waals surface area contributed by atoms with Crippen LogP contribution in [0, 0.1) is 12.7 Å². The number of hydrogen-bond donors (Lipinski definition) is 1. The van der Waals surface area contributed by atoms with Crippen LogP contribution in [-0.2, 0) is 4.79 Å². The Labute approximate surface area is 186 Å². The van der Waals surface area contributed by atoms with Crippen LogP contribution < -0.4 is 10.9 Å². The van der Waals surface area contributed by atoms with Crippen LogP contribution in [0.3, 0.4) is 0 Å². The third-order valence-corrected chi connectivity index (χ3v) is 5.97. The molecule has 0 atom stereocenters. The molecule has 1 N–H and O–H groups in total. The van der Waals surface area contributed by atoms with Gasteiger partial charge in [-0.25, -0.2) is 9.37 Å². The molecule has 0 bridgehead atoms. The lowest BCUT2D eigenvalue weighted by Gasteiger charge is -2.14. The van der Waals surface area contributed by atoms with Gasteiger partial charge in [-0.05, 0) is 48.9 Å². The number of aromatic nitrogens is 2. The van der Waals surface area contributed by atoms with Crippen molar-refractivity contribution < 1.29 is 9.18 Å². The number of nitrogens with zero attached hydrogens (tertiary/aromatic N) is 2. The first kappa shape index (κ1) is 21.1. The molecule has 0 fully saturated rings. The topological polar surface area (TPSA) is 64.0 Å². The van der Waals surface area contributed by atoms with Crippen molar-refractivity contribution in [1.29, 1.82) is 0 Å². The van der Waals surface area contributed by atoms with Gasteiger partial charge in [-0.3, -0.25) is 14.2 Å². The van der Waals surface area contributed by atoms with Gasteiger partial charge in [-0.2, -0.15) is 0 Å². The Morgan fingerprint density at radius 2 is 1.87 bits per heavy atom. The van der Waals surface area contributed by atoms with Crippen molar-refractivity contribution in [2.24, 2.45) is 0 Å². The van der Waals surface area contributed by atoms with Crippen LogP contribution >= 0.6 is 23.4 Å². The van der Waals surface area contributed by atoms with Gasteiger partial charge in [0.1, 0.15) is 5.82 Å². The van der Waals surface area contributed by atoms with Crippen LogP contribution in [0.1, 0.15) is 5.56 Å². The number of thioether (sulfide) groups is 1. The quantitative estimate of drug-likeness (QED) is 0.332. The Hall–Kier alpha value is -3.16. The maximum atomic E-state index is 14.5. The summed E-state index contributed by atoms with van der Waals surface area (Å²) in [6.45, 7) is 1.87. The number of benzene rings is 3. The predicted molar refractivity (Wildman–Crippen MR) is 123 cm³/mol. The molecule has 3 aromatic carbocycles. The molecule has 156 valence electrons. The number of carbonyl (C=O) groups excluding carboxylic acids is 1. The number of hydrogen-bond acceptors (Lipinski definition) is 4. The molecule has 31 heavy (non-hydrogen) atoms. The minimum atomic E-state index is -0.553. The lowest BCUT2D eigenvalue weighted by atomic mass is 10.2. The molecule has 0 radical (unpaired) electrons. The van der Waals surface area contributed by atoms with Gasteiger partial charge >= 0.3 is 0 Å². The number of fused-ring (bicyclic) bond motifs is 1. The molecular formula is C23H17ClFN3O2S. The number of halogens is 2. The second kappa shape index (κ2) is 8.91. The third-order valence-electron chi connectivity index (χ3n) is 4.63. The largest absolute Gasteiger partial charge is 0.325 e. The zero-order chi connectivity index (χ0) is 22.0. The number of anilines is 1. The van der Waals surface area contributed by atoms with Crippen molar-refractivity contribution in [3.05, 3.63) is 93.5 Å². The maximum Gasteiger partial charge on any atom is 0.266 e. The highest BCUT2D eigenvalue weighted by Gasteiger charge is 2.17. The van der Waals surface area contributed by atoms with E-state index >= 15 is 0 Å². The summed E-state index contributed by atoms with van der Waals surface area (Å²) in [5.41, 5.74) is 1.64. The van der Waals surface area contributed by atoms with E-state index in [0.29, 0.717) is 21.6 Å². The molecule has 4 aromatic rings. The summed E-state index contributed by atoms with van der Waals surface area (Å²) in [4.78, 5) is 30.1. The van der Waals surface area contributed by atoms with Crippen LogP contribution in [0.15, 0.2) is 76.7 Å². The summed E-state index contributed by atoms with van der Waals surface area (Å²) in [6.07, 6.45) is 0. The van der Waals surface area contributed by atoms with E-state index in [1.807, 2.05) is 13.0 Å². The van der Waals surface area contributed by atoms with Crippen molar-refractivity contribution in [3.8, 4) is 5.69 Å². The van der Waals surface area contributed by atoms with Crippen molar-refractivity contribution in [1.82, 2.24) is 9.55 Å². The van der Waals surface area contributed by atoms with Gasteiger partial charge in [-0.15, -0.1) is 0 Å². The zero-order valence-corrected chi connectivity index (χ0v) is 18.0. The summed E-state index contributed by atoms with van der Waals surface area (Å²) in [6, 6.07) is 18.1. The molecule has 0 aliphatic carbocycles. The standard InChI is InChI=1S/C23H17ClFN3O2S/c1-14-10-11-15(12-17(14)24)26-21(29)13-31-23-27-19-8-4-2-6-16(19)22(30)28(23)20-9-5-3-7-18(20)25/h2-12H,13H2,1H3,(H,26,29). The van der Waals surface area contributed by atoms with Crippen molar-refractivity contribution >= 4 is 45.9 Å². The van der Waals surface area contributed by atoms with Gasteiger partial charge in [0.15, 0.2) is 5.16 Å². The van der Waals surface area contributed by atoms with Crippen LogP contribution in [0.4, 0.5) is 10.1 Å². The van der Waals surface area contributed by atoms with Crippen molar-refractivity contribution in [3.63, 3.8) is 0 Å². The Balaban J connectivity index is 1.67. The van der Waals surface area contributed by atoms with Crippen molar-refractivity contribution in [2.45, 2.75) is 12.1 Å². The highest BCUT2D eigenvalue weighted by molar-refractivity contribution is 7.99. The fourth-order valence-electron chi connectivity index (χ4n) is 3.05. The molecule has 0 saturated carbocycles. The van der Waals surface area contributed by atoms with Crippen LogP contribution in [0.2, 0.25) is 5.02 Å². The average Bonchev–Trinajstić information content (AvgIpc) is 2.76. The first-order valence-corrected chi connectivity index (χ1v) is 10.8. The van der Waals surface area contributed by atoms with E-state index in [4.69, 9.17) is 11.6 Å². The molecule has 0 aliphatic heterocycles. The van der Waals surface area contributed by atoms with Gasteiger partial charge < -0.3 is 5.32 Å². The van der Waals surface area contributed by atoms with E-state index < -0.39 is 11.4 Å². The van der Waals surface area contributed by atoms with Gasteiger partial charge in [0.25, 0.3) is 5.56 Å². The molecule has 1 aromatic heterocycles. The predicted octanol–water partition coefficient (Wildman–Crippen LogP) is 5.22. The Morgan fingerprint density at radius 3 is 2.65 bits per heavy atom. The molecule has 0 spiro atoms. The van der Waals surface area contributed by atoms with E-state index in [1.165, 1.54) is 16.7 Å². The summed E-state index contributed by atoms with van der Waals surface area (Å²) in [5.74, 6) is -0.875. The lowest BCUT2D eigenvalue weighted by molar-refractivity contribution is -0.113. The van der Waals surface area contributed by atoms with E-state index in [0.717, 1.165) is 17.3 Å². The molecular weight excluding hydrogens is 437 g/mol. The fraction of sp³-hybridized carbons (Fsp3) is 0.0870. The van der Waals surface area contributed by atoms with Gasteiger partial charge in [-0.1, -0.05) is 53.7 Å². The minimum Gasteiger partial charge on any atom is -0.325 e. The third kappa shape index (κ3) is 4.47. The van der Waals surface area contributed by atoms with Crippen molar-refractivity contribution in [2.75, 3.05) is 11.1 Å². The van der Waals surface area contributed by atoms with E-state index in [9.17, 15) is 14.0 Å². The number of carbonyl (C=O) groups is 1. The Kier molecular flexibility index (Phi) is 6.06. The lowest BCUT2D eigenvalue weighted by Crippen LogP contribution is -2.23.